The minimum Gasteiger partial charge on any atom is -0.481 e. The van der Waals surface area contributed by atoms with Crippen LogP contribution in [-0.2, 0) is 24.0 Å². The fourth-order valence-corrected chi connectivity index (χ4v) is 3.12. The number of carboxylic acids is 2. The van der Waals surface area contributed by atoms with Crippen molar-refractivity contribution in [2.45, 2.75) is 64.1 Å². The molecule has 0 aromatic rings. The van der Waals surface area contributed by atoms with Gasteiger partial charge in [-0.3, -0.25) is 24.0 Å². The van der Waals surface area contributed by atoms with Crippen LogP contribution in [0.25, 0.3) is 0 Å². The van der Waals surface area contributed by atoms with Crippen LogP contribution in [0, 0.1) is 5.92 Å². The zero-order valence-electron chi connectivity index (χ0n) is 16.7. The van der Waals surface area contributed by atoms with Crippen molar-refractivity contribution >= 4 is 29.7 Å². The van der Waals surface area contributed by atoms with Crippen molar-refractivity contribution in [3.05, 3.63) is 0 Å². The lowest BCUT2D eigenvalue weighted by molar-refractivity contribution is -0.144. The smallest absolute Gasteiger partial charge is 0.322 e. The van der Waals surface area contributed by atoms with Gasteiger partial charge in [0.15, 0.2) is 0 Å². The minimum atomic E-state index is -1.19. The Morgan fingerprint density at radius 1 is 1.17 bits per heavy atom. The van der Waals surface area contributed by atoms with Crippen LogP contribution < -0.4 is 16.4 Å². The van der Waals surface area contributed by atoms with Crippen LogP contribution in [-0.4, -0.2) is 76.0 Å². The lowest BCUT2D eigenvalue weighted by Gasteiger charge is -2.31. The number of carbonyl (C=O) groups is 5. The van der Waals surface area contributed by atoms with E-state index in [1.54, 1.807) is 6.92 Å². The maximum absolute atomic E-state index is 13.1. The molecule has 1 aliphatic rings. The first kappa shape index (κ1) is 24.3. The van der Waals surface area contributed by atoms with E-state index < -0.39 is 54.3 Å². The summed E-state index contributed by atoms with van der Waals surface area (Å²) in [5.74, 6) is -4.13. The van der Waals surface area contributed by atoms with Crippen molar-refractivity contribution in [1.29, 1.82) is 0 Å². The van der Waals surface area contributed by atoms with E-state index >= 15 is 0 Å². The standard InChI is InChI=1S/C18H30N4O7/c1-3-10(2)15(21-16(27)11(19)6-7-13(23)24)18(29)22-8-4-5-12(22)17(28)20-9-14(25)26/h10-12,15H,3-9,19H2,1-2H3,(H,20,28)(H,21,27)(H,23,24)(H,25,26). The van der Waals surface area contributed by atoms with Gasteiger partial charge in [0.1, 0.15) is 18.6 Å². The van der Waals surface area contributed by atoms with Gasteiger partial charge in [-0.05, 0) is 25.2 Å². The summed E-state index contributed by atoms with van der Waals surface area (Å²) >= 11 is 0. The molecule has 11 heteroatoms. The molecule has 0 bridgehead atoms. The summed E-state index contributed by atoms with van der Waals surface area (Å²) in [5.41, 5.74) is 5.73. The number of carboxylic acid groups (broad SMARTS) is 2. The van der Waals surface area contributed by atoms with Gasteiger partial charge in [-0.1, -0.05) is 20.3 Å². The first-order valence-corrected chi connectivity index (χ1v) is 9.66. The summed E-state index contributed by atoms with van der Waals surface area (Å²) < 4.78 is 0. The zero-order valence-corrected chi connectivity index (χ0v) is 16.7. The molecule has 0 spiro atoms. The first-order valence-electron chi connectivity index (χ1n) is 9.66. The minimum absolute atomic E-state index is 0.0630. The molecule has 4 unspecified atom stereocenters. The number of nitrogens with zero attached hydrogens (tertiary/aromatic N) is 1. The second-order valence-corrected chi connectivity index (χ2v) is 7.21. The Kier molecular flexibility index (Phi) is 9.53. The highest BCUT2D eigenvalue weighted by Crippen LogP contribution is 2.21. The van der Waals surface area contributed by atoms with Gasteiger partial charge in [-0.25, -0.2) is 0 Å². The van der Waals surface area contributed by atoms with Gasteiger partial charge in [0.05, 0.1) is 6.04 Å². The molecular formula is C18H30N4O7. The Hall–Kier alpha value is -2.69. The molecule has 164 valence electrons. The normalized spacial score (nSPS) is 19.1. The van der Waals surface area contributed by atoms with E-state index in [2.05, 4.69) is 10.6 Å². The topological polar surface area (TPSA) is 179 Å². The average Bonchev–Trinajstić information content (AvgIpc) is 3.16. The highest BCUT2D eigenvalue weighted by Gasteiger charge is 2.39. The maximum atomic E-state index is 13.1. The van der Waals surface area contributed by atoms with Gasteiger partial charge in [-0.2, -0.15) is 0 Å². The summed E-state index contributed by atoms with van der Waals surface area (Å²) in [4.78, 5) is 60.4. The molecule has 3 amide bonds. The molecular weight excluding hydrogens is 384 g/mol. The SMILES string of the molecule is CCC(C)C(NC(=O)C(N)CCC(=O)O)C(=O)N1CCCC1C(=O)NCC(=O)O. The summed E-state index contributed by atoms with van der Waals surface area (Å²) in [6.45, 7) is 3.41. The van der Waals surface area contributed by atoms with E-state index in [4.69, 9.17) is 15.9 Å². The van der Waals surface area contributed by atoms with Gasteiger partial charge in [0.2, 0.25) is 17.7 Å². The number of carbonyl (C=O) groups excluding carboxylic acids is 3. The largest absolute Gasteiger partial charge is 0.481 e. The van der Waals surface area contributed by atoms with Gasteiger partial charge in [-0.15, -0.1) is 0 Å². The number of nitrogens with one attached hydrogen (secondary N) is 2. The van der Waals surface area contributed by atoms with Gasteiger partial charge < -0.3 is 31.5 Å². The Bertz CT molecular complexity index is 640. The van der Waals surface area contributed by atoms with E-state index in [1.165, 1.54) is 4.90 Å². The Balaban J connectivity index is 2.86. The number of hydrogen-bond donors (Lipinski definition) is 5. The zero-order chi connectivity index (χ0) is 22.1. The number of aliphatic carboxylic acids is 2. The molecule has 0 saturated carbocycles. The molecule has 29 heavy (non-hydrogen) atoms. The third kappa shape index (κ3) is 7.33. The van der Waals surface area contributed by atoms with E-state index in [1.807, 2.05) is 6.92 Å². The number of rotatable bonds is 11. The van der Waals surface area contributed by atoms with Gasteiger partial charge >= 0.3 is 11.9 Å². The number of amides is 3. The van der Waals surface area contributed by atoms with Crippen molar-refractivity contribution in [1.82, 2.24) is 15.5 Å². The van der Waals surface area contributed by atoms with E-state index in [-0.39, 0.29) is 18.8 Å². The first-order chi connectivity index (χ1) is 13.6. The van der Waals surface area contributed by atoms with Crippen LogP contribution >= 0.6 is 0 Å². The summed E-state index contributed by atoms with van der Waals surface area (Å²) in [7, 11) is 0. The van der Waals surface area contributed by atoms with Crippen LogP contribution in [0.2, 0.25) is 0 Å². The van der Waals surface area contributed by atoms with Crippen molar-refractivity contribution in [2.75, 3.05) is 13.1 Å². The predicted molar refractivity (Wildman–Crippen MR) is 102 cm³/mol. The third-order valence-corrected chi connectivity index (χ3v) is 5.04. The van der Waals surface area contributed by atoms with Crippen LogP contribution in [0.4, 0.5) is 0 Å². The highest BCUT2D eigenvalue weighted by atomic mass is 16.4. The third-order valence-electron chi connectivity index (χ3n) is 5.04. The fraction of sp³-hybridized carbons (Fsp3) is 0.722. The molecule has 4 atom stereocenters. The molecule has 0 radical (unpaired) electrons. The molecule has 1 rings (SSSR count). The number of likely N-dealkylation sites (tertiary alicyclic amines) is 1. The van der Waals surface area contributed by atoms with Crippen LogP contribution in [0.15, 0.2) is 0 Å². The molecule has 1 aliphatic heterocycles. The second kappa shape index (κ2) is 11.3. The summed E-state index contributed by atoms with van der Waals surface area (Å²) in [5, 5.41) is 22.3. The molecule has 1 heterocycles. The highest BCUT2D eigenvalue weighted by molar-refractivity contribution is 5.94. The average molecular weight is 414 g/mol. The van der Waals surface area contributed by atoms with Crippen molar-refractivity contribution < 1.29 is 34.2 Å². The number of hydrogen-bond acceptors (Lipinski definition) is 6. The van der Waals surface area contributed by atoms with Crippen LogP contribution in [0.3, 0.4) is 0 Å². The summed E-state index contributed by atoms with van der Waals surface area (Å²) in [6, 6.07) is -2.79. The van der Waals surface area contributed by atoms with Crippen molar-refractivity contribution in [2.24, 2.45) is 11.7 Å². The van der Waals surface area contributed by atoms with E-state index in [0.717, 1.165) is 0 Å². The maximum Gasteiger partial charge on any atom is 0.322 e. The lowest BCUT2D eigenvalue weighted by Crippen LogP contribution is -2.57. The quantitative estimate of drug-likeness (QED) is 0.283. The van der Waals surface area contributed by atoms with Crippen LogP contribution in [0.5, 0.6) is 0 Å². The molecule has 1 fully saturated rings. The van der Waals surface area contributed by atoms with Crippen LogP contribution in [0.1, 0.15) is 46.0 Å². The Morgan fingerprint density at radius 3 is 2.38 bits per heavy atom. The monoisotopic (exact) mass is 414 g/mol. The van der Waals surface area contributed by atoms with Crippen molar-refractivity contribution in [3.63, 3.8) is 0 Å². The lowest BCUT2D eigenvalue weighted by atomic mass is 9.96. The summed E-state index contributed by atoms with van der Waals surface area (Å²) in [6.07, 6.45) is 1.22. The van der Waals surface area contributed by atoms with E-state index in [9.17, 15) is 24.0 Å². The van der Waals surface area contributed by atoms with E-state index in [0.29, 0.717) is 25.8 Å². The molecule has 6 N–H and O–H groups in total. The fourth-order valence-electron chi connectivity index (χ4n) is 3.12. The van der Waals surface area contributed by atoms with Crippen molar-refractivity contribution in [3.8, 4) is 0 Å². The second-order valence-electron chi connectivity index (χ2n) is 7.21. The molecule has 0 aromatic carbocycles. The molecule has 0 aromatic heterocycles. The Labute approximate surface area is 169 Å². The number of nitrogens with two attached hydrogens (primary N) is 1. The molecule has 11 nitrogen and oxygen atoms in total. The molecule has 1 saturated heterocycles. The van der Waals surface area contributed by atoms with Gasteiger partial charge in [0.25, 0.3) is 0 Å². The Morgan fingerprint density at radius 2 is 1.83 bits per heavy atom. The predicted octanol–water partition coefficient (Wildman–Crippen LogP) is -1.10. The molecule has 0 aliphatic carbocycles. The van der Waals surface area contributed by atoms with Gasteiger partial charge in [0, 0.05) is 13.0 Å².